The third-order valence-corrected chi connectivity index (χ3v) is 5.73. The molecule has 1 amide bonds. The number of rotatable bonds is 12. The Labute approximate surface area is 173 Å². The van der Waals surface area contributed by atoms with E-state index in [-0.39, 0.29) is 11.2 Å². The molecule has 0 aliphatic carbocycles. The Morgan fingerprint density at radius 3 is 2.82 bits per heavy atom. The molecule has 2 N–H and O–H groups in total. The van der Waals surface area contributed by atoms with Gasteiger partial charge in [-0.05, 0) is 32.4 Å². The molecule has 0 aliphatic rings. The number of benzene rings is 1. The van der Waals surface area contributed by atoms with Gasteiger partial charge >= 0.3 is 0 Å². The lowest BCUT2D eigenvalue weighted by Gasteiger charge is -2.14. The summed E-state index contributed by atoms with van der Waals surface area (Å²) >= 11 is 2.79. The van der Waals surface area contributed by atoms with Crippen molar-refractivity contribution >= 4 is 39.8 Å². The van der Waals surface area contributed by atoms with E-state index in [1.165, 1.54) is 23.1 Å². The quantitative estimate of drug-likeness (QED) is 0.393. The summed E-state index contributed by atoms with van der Waals surface area (Å²) in [5.41, 5.74) is 0.563. The second-order valence-electron chi connectivity index (χ2n) is 5.67. The van der Waals surface area contributed by atoms with Crippen LogP contribution < -0.4 is 20.1 Å². The van der Waals surface area contributed by atoms with Crippen LogP contribution in [-0.2, 0) is 9.53 Å². The maximum Gasteiger partial charge on any atom is 0.237 e. The maximum absolute atomic E-state index is 12.6. The zero-order valence-electron chi connectivity index (χ0n) is 16.5. The van der Waals surface area contributed by atoms with Gasteiger partial charge in [-0.1, -0.05) is 23.1 Å². The SMILES string of the molecule is CCOCCCNc1nnc(SC(C)C(=O)Nc2cc(OC)ccc2OC)s1. The summed E-state index contributed by atoms with van der Waals surface area (Å²) in [6.07, 6.45) is 0.900. The fraction of sp³-hybridized carbons (Fsp3) is 0.500. The van der Waals surface area contributed by atoms with E-state index < -0.39 is 0 Å². The number of hydrogen-bond donors (Lipinski definition) is 2. The lowest BCUT2D eigenvalue weighted by molar-refractivity contribution is -0.115. The van der Waals surface area contributed by atoms with Gasteiger partial charge in [0.05, 0.1) is 25.2 Å². The Morgan fingerprint density at radius 1 is 1.29 bits per heavy atom. The summed E-state index contributed by atoms with van der Waals surface area (Å²) in [7, 11) is 3.13. The molecule has 1 aromatic heterocycles. The number of thioether (sulfide) groups is 1. The second-order valence-corrected chi connectivity index (χ2v) is 8.23. The number of amides is 1. The fourth-order valence-corrected chi connectivity index (χ4v) is 4.12. The number of carbonyl (C=O) groups is 1. The zero-order valence-corrected chi connectivity index (χ0v) is 18.1. The van der Waals surface area contributed by atoms with Gasteiger partial charge in [0.25, 0.3) is 0 Å². The van der Waals surface area contributed by atoms with Crippen LogP contribution in [0.1, 0.15) is 20.3 Å². The predicted molar refractivity (Wildman–Crippen MR) is 113 cm³/mol. The number of carbonyl (C=O) groups excluding carboxylic acids is 1. The van der Waals surface area contributed by atoms with Crippen LogP contribution in [0.25, 0.3) is 0 Å². The third kappa shape index (κ3) is 6.84. The smallest absolute Gasteiger partial charge is 0.237 e. The fourth-order valence-electron chi connectivity index (χ4n) is 2.19. The van der Waals surface area contributed by atoms with Gasteiger partial charge in [0.1, 0.15) is 11.5 Å². The number of methoxy groups -OCH3 is 2. The summed E-state index contributed by atoms with van der Waals surface area (Å²) in [5, 5.41) is 14.7. The van der Waals surface area contributed by atoms with Gasteiger partial charge in [-0.2, -0.15) is 0 Å². The minimum atomic E-state index is -0.352. The minimum Gasteiger partial charge on any atom is -0.497 e. The lowest BCUT2D eigenvalue weighted by Crippen LogP contribution is -2.22. The molecule has 10 heteroatoms. The largest absolute Gasteiger partial charge is 0.497 e. The number of aromatic nitrogens is 2. The van der Waals surface area contributed by atoms with Crippen LogP contribution in [0.2, 0.25) is 0 Å². The van der Waals surface area contributed by atoms with E-state index in [4.69, 9.17) is 14.2 Å². The van der Waals surface area contributed by atoms with Crippen molar-refractivity contribution in [2.24, 2.45) is 0 Å². The van der Waals surface area contributed by atoms with Crippen LogP contribution >= 0.6 is 23.1 Å². The van der Waals surface area contributed by atoms with Gasteiger partial charge in [0.2, 0.25) is 11.0 Å². The number of anilines is 2. The molecular formula is C18H26N4O4S2. The van der Waals surface area contributed by atoms with Crippen LogP contribution in [-0.4, -0.2) is 55.3 Å². The molecule has 1 aromatic carbocycles. The molecule has 0 aliphatic heterocycles. The monoisotopic (exact) mass is 426 g/mol. The van der Waals surface area contributed by atoms with E-state index in [9.17, 15) is 4.79 Å². The Morgan fingerprint density at radius 2 is 2.11 bits per heavy atom. The van der Waals surface area contributed by atoms with E-state index >= 15 is 0 Å². The van der Waals surface area contributed by atoms with Crippen molar-refractivity contribution in [3.63, 3.8) is 0 Å². The van der Waals surface area contributed by atoms with Crippen molar-refractivity contribution in [3.8, 4) is 11.5 Å². The first-order valence-electron chi connectivity index (χ1n) is 8.92. The topological polar surface area (TPSA) is 94.6 Å². The molecule has 2 aromatic rings. The molecule has 1 unspecified atom stereocenters. The Balaban J connectivity index is 1.87. The minimum absolute atomic E-state index is 0.155. The first-order chi connectivity index (χ1) is 13.6. The molecule has 28 heavy (non-hydrogen) atoms. The van der Waals surface area contributed by atoms with Gasteiger partial charge in [-0.15, -0.1) is 10.2 Å². The molecule has 0 saturated heterocycles. The normalized spacial score (nSPS) is 11.7. The van der Waals surface area contributed by atoms with Crippen molar-refractivity contribution in [2.75, 3.05) is 44.6 Å². The summed E-state index contributed by atoms with van der Waals surface area (Å²) in [4.78, 5) is 12.6. The molecule has 0 fully saturated rings. The van der Waals surface area contributed by atoms with Crippen molar-refractivity contribution in [2.45, 2.75) is 29.9 Å². The van der Waals surface area contributed by atoms with Gasteiger partial charge in [-0.25, -0.2) is 0 Å². The van der Waals surface area contributed by atoms with Crippen LogP contribution in [0.15, 0.2) is 22.5 Å². The molecule has 0 spiro atoms. The van der Waals surface area contributed by atoms with Crippen LogP contribution in [0.3, 0.4) is 0 Å². The van der Waals surface area contributed by atoms with Crippen LogP contribution in [0.4, 0.5) is 10.8 Å². The second kappa shape index (κ2) is 11.7. The first-order valence-corrected chi connectivity index (χ1v) is 10.6. The zero-order chi connectivity index (χ0) is 20.4. The molecule has 0 bridgehead atoms. The average Bonchev–Trinajstić information content (AvgIpc) is 3.14. The van der Waals surface area contributed by atoms with E-state index in [1.807, 2.05) is 13.8 Å². The highest BCUT2D eigenvalue weighted by Gasteiger charge is 2.19. The molecule has 0 saturated carbocycles. The van der Waals surface area contributed by atoms with Gasteiger partial charge in [0.15, 0.2) is 4.34 Å². The Hall–Kier alpha value is -2.04. The molecular weight excluding hydrogens is 400 g/mol. The van der Waals surface area contributed by atoms with Gasteiger partial charge < -0.3 is 24.8 Å². The molecule has 1 heterocycles. The highest BCUT2D eigenvalue weighted by molar-refractivity contribution is 8.02. The van der Waals surface area contributed by atoms with E-state index in [2.05, 4.69) is 20.8 Å². The average molecular weight is 427 g/mol. The highest BCUT2D eigenvalue weighted by Crippen LogP contribution is 2.32. The van der Waals surface area contributed by atoms with Crippen molar-refractivity contribution in [1.29, 1.82) is 0 Å². The summed E-state index contributed by atoms with van der Waals surface area (Å²) in [5.74, 6) is 1.05. The Kier molecular flexibility index (Phi) is 9.32. The molecule has 154 valence electrons. The van der Waals surface area contributed by atoms with Crippen molar-refractivity contribution in [3.05, 3.63) is 18.2 Å². The Bertz CT molecular complexity index is 757. The molecule has 1 atom stereocenters. The van der Waals surface area contributed by atoms with Crippen molar-refractivity contribution in [1.82, 2.24) is 10.2 Å². The molecule has 0 radical (unpaired) electrons. The highest BCUT2D eigenvalue weighted by atomic mass is 32.2. The summed E-state index contributed by atoms with van der Waals surface area (Å²) in [6.45, 7) is 6.01. The van der Waals surface area contributed by atoms with Crippen LogP contribution in [0.5, 0.6) is 11.5 Å². The van der Waals surface area contributed by atoms with Crippen LogP contribution in [0, 0.1) is 0 Å². The van der Waals surface area contributed by atoms with E-state index in [1.54, 1.807) is 32.4 Å². The number of nitrogens with one attached hydrogen (secondary N) is 2. The first kappa shape index (κ1) is 22.3. The van der Waals surface area contributed by atoms with Crippen molar-refractivity contribution < 1.29 is 19.0 Å². The number of hydrogen-bond acceptors (Lipinski definition) is 9. The summed E-state index contributed by atoms with van der Waals surface area (Å²) < 4.78 is 16.5. The standard InChI is InChI=1S/C18H26N4O4S2/c1-5-26-10-6-9-19-17-21-22-18(28-17)27-12(2)16(23)20-14-11-13(24-3)7-8-15(14)25-4/h7-8,11-12H,5-6,9-10H2,1-4H3,(H,19,21)(H,20,23). The summed E-state index contributed by atoms with van der Waals surface area (Å²) in [6, 6.07) is 5.25. The number of ether oxygens (including phenoxy) is 3. The lowest BCUT2D eigenvalue weighted by atomic mass is 10.2. The van der Waals surface area contributed by atoms with E-state index in [0.29, 0.717) is 17.2 Å². The van der Waals surface area contributed by atoms with Gasteiger partial charge in [0, 0.05) is 25.8 Å². The third-order valence-electron chi connectivity index (χ3n) is 3.66. The number of nitrogens with zero attached hydrogens (tertiary/aromatic N) is 2. The van der Waals surface area contributed by atoms with E-state index in [0.717, 1.165) is 35.7 Å². The molecule has 2 rings (SSSR count). The predicted octanol–water partition coefficient (Wildman–Crippen LogP) is 3.51. The molecule has 8 nitrogen and oxygen atoms in total. The van der Waals surface area contributed by atoms with Gasteiger partial charge in [-0.3, -0.25) is 4.79 Å². The maximum atomic E-state index is 12.6.